The fraction of sp³-hybridized carbons (Fsp3) is 1.00. The van der Waals surface area contributed by atoms with Crippen molar-refractivity contribution < 1.29 is 3.79 Å². The molecule has 0 aliphatic carbocycles. The molecule has 0 spiro atoms. The summed E-state index contributed by atoms with van der Waals surface area (Å²) in [6.45, 7) is 9.72. The van der Waals surface area contributed by atoms with Gasteiger partial charge in [-0.05, 0) is 5.92 Å². The highest BCUT2D eigenvalue weighted by Crippen LogP contribution is 2.04. The van der Waals surface area contributed by atoms with E-state index in [1.165, 1.54) is 0 Å². The predicted octanol–water partition coefficient (Wildman–Crippen LogP) is 2.28. The molecule has 1 unspecified atom stereocenters. The normalized spacial score (nSPS) is 13.8. The molecule has 1 N–H and O–H groups in total. The number of nitrogens with one attached hydrogen (secondary N) is 1. The van der Waals surface area contributed by atoms with Crippen molar-refractivity contribution in [2.45, 2.75) is 51.4 Å². The molecule has 0 aromatic rings. The maximum absolute atomic E-state index is 5.74. The van der Waals surface area contributed by atoms with E-state index < -0.39 is 14.5 Å². The molecule has 0 saturated carbocycles. The Morgan fingerprint density at radius 1 is 1.15 bits per heavy atom. The lowest BCUT2D eigenvalue weighted by molar-refractivity contribution is 0.224. The zero-order valence-corrected chi connectivity index (χ0v) is 11.1. The number of hydrogen-bond acceptors (Lipinski definition) is 2. The summed E-state index contributed by atoms with van der Waals surface area (Å²) in [4.78, 5) is 0. The number of rotatable bonds is 6. The molecule has 0 aromatic heterocycles. The van der Waals surface area contributed by atoms with Crippen LogP contribution in [0.3, 0.4) is 0 Å². The van der Waals surface area contributed by atoms with Crippen molar-refractivity contribution in [3.8, 4) is 0 Å². The molecule has 0 heterocycles. The lowest BCUT2D eigenvalue weighted by Crippen LogP contribution is -2.42. The summed E-state index contributed by atoms with van der Waals surface area (Å²) in [5.74, 6) is 5.08. The summed E-state index contributed by atoms with van der Waals surface area (Å²) < 4.78 is 5.74. The second-order valence-corrected chi connectivity index (χ2v) is 6.98. The highest BCUT2D eigenvalue weighted by molar-refractivity contribution is 6.48. The molecule has 0 saturated heterocycles. The van der Waals surface area contributed by atoms with E-state index >= 15 is 0 Å². The topological polar surface area (TPSA) is 21.3 Å². The van der Waals surface area contributed by atoms with Gasteiger partial charge in [-0.3, -0.25) is 0 Å². The van der Waals surface area contributed by atoms with Crippen LogP contribution in [0, 0.1) is 5.92 Å². The van der Waals surface area contributed by atoms with Crippen LogP contribution in [0.25, 0.3) is 0 Å². The largest absolute Gasteiger partial charge is 0.500 e. The van der Waals surface area contributed by atoms with E-state index in [1.54, 1.807) is 0 Å². The molecule has 3 heteroatoms. The monoisotopic (exact) mass is 201 g/mol. The standard InChI is InChI=1S/C8H18NO.2CH3.Al/c1-6(2)8(5-10)9-7(3)4;;;/h6-9H,5H2,1-4H3;2*1H3;/q-1;;;+1. The van der Waals surface area contributed by atoms with Crippen LogP contribution in [0.4, 0.5) is 0 Å². The van der Waals surface area contributed by atoms with E-state index in [9.17, 15) is 0 Å². The Balaban J connectivity index is 3.81. The molecule has 0 radical (unpaired) electrons. The van der Waals surface area contributed by atoms with Crippen molar-refractivity contribution in [2.75, 3.05) is 6.61 Å². The van der Waals surface area contributed by atoms with E-state index in [-0.39, 0.29) is 0 Å². The van der Waals surface area contributed by atoms with Gasteiger partial charge in [0.2, 0.25) is 0 Å². The molecule has 2 nitrogen and oxygen atoms in total. The van der Waals surface area contributed by atoms with Crippen molar-refractivity contribution in [1.82, 2.24) is 5.32 Å². The summed E-state index contributed by atoms with van der Waals surface area (Å²) >= 11 is -0.853. The quantitative estimate of drug-likeness (QED) is 0.666. The van der Waals surface area contributed by atoms with Gasteiger partial charge in [0.05, 0.1) is 0 Å². The smallest absolute Gasteiger partial charge is 0.454 e. The van der Waals surface area contributed by atoms with E-state index in [0.29, 0.717) is 18.0 Å². The molecular formula is C10H24AlNO. The Bertz CT molecular complexity index is 126. The van der Waals surface area contributed by atoms with E-state index in [2.05, 4.69) is 44.6 Å². The summed E-state index contributed by atoms with van der Waals surface area (Å²) in [7, 11) is 0. The average molecular weight is 201 g/mol. The third kappa shape index (κ3) is 7.52. The third-order valence-electron chi connectivity index (χ3n) is 1.96. The molecule has 0 fully saturated rings. The summed E-state index contributed by atoms with van der Waals surface area (Å²) in [6.07, 6.45) is 0. The predicted molar refractivity (Wildman–Crippen MR) is 60.3 cm³/mol. The van der Waals surface area contributed by atoms with E-state index in [4.69, 9.17) is 3.79 Å². The molecule has 13 heavy (non-hydrogen) atoms. The van der Waals surface area contributed by atoms with Gasteiger partial charge in [0, 0.05) is 18.7 Å². The van der Waals surface area contributed by atoms with Gasteiger partial charge in [0.1, 0.15) is 0 Å². The Morgan fingerprint density at radius 3 is 2.00 bits per heavy atom. The van der Waals surface area contributed by atoms with Gasteiger partial charge < -0.3 is 9.11 Å². The molecule has 0 aromatic carbocycles. The maximum atomic E-state index is 5.74. The fourth-order valence-corrected chi connectivity index (χ4v) is 1.75. The maximum Gasteiger partial charge on any atom is 0.454 e. The highest BCUT2D eigenvalue weighted by Gasteiger charge is 2.15. The summed E-state index contributed by atoms with van der Waals surface area (Å²) in [6, 6.07) is 1.06. The van der Waals surface area contributed by atoms with Crippen LogP contribution >= 0.6 is 0 Å². The van der Waals surface area contributed by atoms with Crippen molar-refractivity contribution in [3.05, 3.63) is 0 Å². The van der Waals surface area contributed by atoms with Crippen molar-refractivity contribution in [1.29, 1.82) is 0 Å². The molecule has 0 bridgehead atoms. The zero-order chi connectivity index (χ0) is 10.4. The molecule has 0 amide bonds. The van der Waals surface area contributed by atoms with Gasteiger partial charge in [0.25, 0.3) is 0 Å². The van der Waals surface area contributed by atoms with Gasteiger partial charge in [-0.25, -0.2) is 0 Å². The van der Waals surface area contributed by atoms with Crippen LogP contribution < -0.4 is 5.32 Å². The average Bonchev–Trinajstić information content (AvgIpc) is 1.96. The number of hydrogen-bond donors (Lipinski definition) is 1. The van der Waals surface area contributed by atoms with Crippen LogP contribution in [0.1, 0.15) is 27.7 Å². The molecule has 78 valence electrons. The SMILES string of the molecule is CC(C)NC(C[O][Al]([CH3])[CH3])C(C)C. The van der Waals surface area contributed by atoms with Crippen molar-refractivity contribution in [2.24, 2.45) is 5.92 Å². The van der Waals surface area contributed by atoms with E-state index in [1.807, 2.05) is 0 Å². The first kappa shape index (κ1) is 13.5. The van der Waals surface area contributed by atoms with Gasteiger partial charge in [-0.2, -0.15) is 0 Å². The molecular weight excluding hydrogens is 177 g/mol. The Hall–Kier alpha value is 0.452. The van der Waals surface area contributed by atoms with Gasteiger partial charge in [-0.15, -0.1) is 0 Å². The highest BCUT2D eigenvalue weighted by atomic mass is 27.2. The van der Waals surface area contributed by atoms with Crippen LogP contribution in [0.2, 0.25) is 11.6 Å². The molecule has 0 rings (SSSR count). The van der Waals surface area contributed by atoms with Crippen LogP contribution in [-0.4, -0.2) is 33.2 Å². The van der Waals surface area contributed by atoms with Crippen LogP contribution in [0.15, 0.2) is 0 Å². The molecule has 0 aliphatic rings. The van der Waals surface area contributed by atoms with Crippen LogP contribution in [0.5, 0.6) is 0 Å². The summed E-state index contributed by atoms with van der Waals surface area (Å²) in [5.41, 5.74) is 0. The summed E-state index contributed by atoms with van der Waals surface area (Å²) in [5, 5.41) is 3.53. The lowest BCUT2D eigenvalue weighted by Gasteiger charge is -2.25. The minimum absolute atomic E-state index is 0.509. The van der Waals surface area contributed by atoms with E-state index in [0.717, 1.165) is 6.61 Å². The minimum Gasteiger partial charge on any atom is -0.500 e. The Labute approximate surface area is 87.8 Å². The second-order valence-electron chi connectivity index (χ2n) is 4.55. The fourth-order valence-electron chi connectivity index (χ4n) is 1.16. The molecule has 0 aliphatic heterocycles. The molecule has 1 atom stereocenters. The van der Waals surface area contributed by atoms with Crippen molar-refractivity contribution in [3.63, 3.8) is 0 Å². The zero-order valence-electron chi connectivity index (χ0n) is 9.92. The van der Waals surface area contributed by atoms with Gasteiger partial charge >= 0.3 is 14.5 Å². The van der Waals surface area contributed by atoms with Crippen LogP contribution in [-0.2, 0) is 3.79 Å². The van der Waals surface area contributed by atoms with Gasteiger partial charge in [0.15, 0.2) is 0 Å². The first-order valence-electron chi connectivity index (χ1n) is 5.31. The van der Waals surface area contributed by atoms with Crippen molar-refractivity contribution >= 4 is 14.5 Å². The second kappa shape index (κ2) is 6.84. The first-order chi connectivity index (χ1) is 5.93. The lowest BCUT2D eigenvalue weighted by atomic mass is 10.0. The third-order valence-corrected chi connectivity index (χ3v) is 2.82. The first-order valence-corrected chi connectivity index (χ1v) is 8.09. The Kier molecular flexibility index (Phi) is 7.08. The Morgan fingerprint density at radius 2 is 1.69 bits per heavy atom. The minimum atomic E-state index is -0.853. The van der Waals surface area contributed by atoms with Gasteiger partial charge in [-0.1, -0.05) is 39.3 Å².